The molecule has 1 aliphatic heterocycles. The van der Waals surface area contributed by atoms with Crippen molar-refractivity contribution in [3.8, 4) is 83.6 Å². The summed E-state index contributed by atoms with van der Waals surface area (Å²) in [6.45, 7) is 4.65. The number of nitrogens with zero attached hydrogens (tertiary/aromatic N) is 4. The summed E-state index contributed by atoms with van der Waals surface area (Å²) in [7, 11) is 0. The molecule has 5 heteroatoms. The zero-order chi connectivity index (χ0) is 49.3. The Morgan fingerprint density at radius 2 is 0.838 bits per heavy atom. The van der Waals surface area contributed by atoms with E-state index in [1.54, 1.807) is 11.8 Å². The molecule has 14 rings (SSSR count). The lowest BCUT2D eigenvalue weighted by atomic mass is 9.74. The summed E-state index contributed by atoms with van der Waals surface area (Å²) < 4.78 is 4.62. The van der Waals surface area contributed by atoms with Gasteiger partial charge in [0.2, 0.25) is 5.78 Å². The number of pyridine rings is 1. The van der Waals surface area contributed by atoms with Gasteiger partial charge in [-0.1, -0.05) is 232 Å². The van der Waals surface area contributed by atoms with Gasteiger partial charge in [0.05, 0.1) is 22.1 Å². The summed E-state index contributed by atoms with van der Waals surface area (Å²) in [5.74, 6) is 0.879. The van der Waals surface area contributed by atoms with E-state index in [9.17, 15) is 0 Å². The van der Waals surface area contributed by atoms with Crippen molar-refractivity contribution in [3.63, 3.8) is 0 Å². The van der Waals surface area contributed by atoms with Crippen molar-refractivity contribution in [2.75, 3.05) is 0 Å². The maximum Gasteiger partial charge on any atom is 0.220 e. The summed E-state index contributed by atoms with van der Waals surface area (Å²) in [5.41, 5.74) is 23.9. The molecule has 0 unspecified atom stereocenters. The first-order valence-corrected chi connectivity index (χ1v) is 26.1. The lowest BCUT2D eigenvalue weighted by molar-refractivity contribution is 0.599. The van der Waals surface area contributed by atoms with Crippen LogP contribution < -0.4 is 0 Å². The fourth-order valence-electron chi connectivity index (χ4n) is 11.7. The maximum absolute atomic E-state index is 5.30. The Bertz CT molecular complexity index is 4170. The highest BCUT2D eigenvalue weighted by Crippen LogP contribution is 2.57. The molecule has 0 bridgehead atoms. The second-order valence-electron chi connectivity index (χ2n) is 19.7. The minimum Gasteiger partial charge on any atom is -0.278 e. The lowest BCUT2D eigenvalue weighted by Gasteiger charge is -2.34. The van der Waals surface area contributed by atoms with Crippen LogP contribution in [0.2, 0.25) is 0 Å². The molecule has 0 saturated heterocycles. The molecule has 0 amide bonds. The summed E-state index contributed by atoms with van der Waals surface area (Å²) in [6, 6.07) is 90.8. The van der Waals surface area contributed by atoms with Gasteiger partial charge in [-0.05, 0) is 131 Å². The standard InChI is InChI=1S/C69H48N4S/c1-69(2)54-33-20-32-53(66(54)74-67-55(69)34-21-43-70-67)45-39-41-50(42-40-45)64-60(46-22-7-3-8-23-46)62(48-26-11-5-12-27-48)65(63(49-28-13-6-14-29-49)61(64)47-24-9-4-10-25-47)51-30-19-31-52(44-51)72-58-37-17-18-38-59(58)73-57-36-16-15-35-56(57)71-68(72)73/h3-44H,1-2H3. The van der Waals surface area contributed by atoms with Gasteiger partial charge < -0.3 is 0 Å². The van der Waals surface area contributed by atoms with E-state index in [0.717, 1.165) is 77.5 Å². The summed E-state index contributed by atoms with van der Waals surface area (Å²) in [6.07, 6.45) is 1.91. The van der Waals surface area contributed by atoms with Crippen molar-refractivity contribution < 1.29 is 0 Å². The van der Waals surface area contributed by atoms with Crippen molar-refractivity contribution in [1.82, 2.24) is 18.9 Å². The molecule has 0 N–H and O–H groups in total. The number of hydrogen-bond donors (Lipinski definition) is 0. The Labute approximate surface area is 434 Å². The van der Waals surface area contributed by atoms with Crippen LogP contribution in [0, 0.1) is 0 Å². The average molecular weight is 965 g/mol. The fourth-order valence-corrected chi connectivity index (χ4v) is 13.1. The number of imidazole rings is 2. The molecule has 0 atom stereocenters. The topological polar surface area (TPSA) is 35.1 Å². The Hall–Kier alpha value is -9.03. The molecule has 10 aromatic carbocycles. The van der Waals surface area contributed by atoms with E-state index in [0.29, 0.717) is 0 Å². The van der Waals surface area contributed by atoms with Crippen LogP contribution >= 0.6 is 11.8 Å². The van der Waals surface area contributed by atoms with Crippen LogP contribution in [-0.2, 0) is 5.41 Å². The van der Waals surface area contributed by atoms with Gasteiger partial charge in [0.25, 0.3) is 0 Å². The molecule has 1 aliphatic rings. The van der Waals surface area contributed by atoms with Crippen LogP contribution in [0.4, 0.5) is 0 Å². The van der Waals surface area contributed by atoms with Crippen molar-refractivity contribution in [3.05, 3.63) is 266 Å². The third-order valence-electron chi connectivity index (χ3n) is 15.1. The van der Waals surface area contributed by atoms with Gasteiger partial charge in [0.15, 0.2) is 0 Å². The van der Waals surface area contributed by atoms with Crippen LogP contribution in [0.5, 0.6) is 0 Å². The number of fused-ring (bicyclic) bond motifs is 7. The molecule has 0 spiro atoms. The molecule has 0 radical (unpaired) electrons. The van der Waals surface area contributed by atoms with E-state index in [4.69, 9.17) is 9.97 Å². The molecular weight excluding hydrogens is 917 g/mol. The number of aromatic nitrogens is 4. The predicted molar refractivity (Wildman–Crippen MR) is 308 cm³/mol. The smallest absolute Gasteiger partial charge is 0.220 e. The van der Waals surface area contributed by atoms with E-state index < -0.39 is 0 Å². The maximum atomic E-state index is 5.30. The lowest BCUT2D eigenvalue weighted by Crippen LogP contribution is -2.24. The van der Waals surface area contributed by atoms with Crippen LogP contribution in [0.1, 0.15) is 25.0 Å². The second-order valence-corrected chi connectivity index (χ2v) is 20.7. The predicted octanol–water partition coefficient (Wildman–Crippen LogP) is 18.3. The summed E-state index contributed by atoms with van der Waals surface area (Å²) in [4.78, 5) is 11.4. The third kappa shape index (κ3) is 6.99. The summed E-state index contributed by atoms with van der Waals surface area (Å²) in [5, 5.41) is 1.08. The van der Waals surface area contributed by atoms with E-state index in [1.807, 2.05) is 6.20 Å². The van der Waals surface area contributed by atoms with Gasteiger partial charge in [-0.3, -0.25) is 8.97 Å². The fraction of sp³-hybridized carbons (Fsp3) is 0.0435. The normalized spacial score (nSPS) is 12.8. The van der Waals surface area contributed by atoms with E-state index in [2.05, 4.69) is 272 Å². The number of para-hydroxylation sites is 4. The molecule has 4 heterocycles. The molecule has 0 saturated carbocycles. The minimum atomic E-state index is -0.186. The molecule has 0 fully saturated rings. The molecule has 4 nitrogen and oxygen atoms in total. The third-order valence-corrected chi connectivity index (χ3v) is 16.2. The Kier molecular flexibility index (Phi) is 10.4. The van der Waals surface area contributed by atoms with Crippen molar-refractivity contribution >= 4 is 39.6 Å². The van der Waals surface area contributed by atoms with Gasteiger partial charge >= 0.3 is 0 Å². The molecular formula is C69H48N4S. The van der Waals surface area contributed by atoms with E-state index in [-0.39, 0.29) is 5.41 Å². The number of rotatable bonds is 8. The largest absolute Gasteiger partial charge is 0.278 e. The highest BCUT2D eigenvalue weighted by molar-refractivity contribution is 7.99. The van der Waals surface area contributed by atoms with Crippen LogP contribution in [-0.4, -0.2) is 18.9 Å². The molecule has 350 valence electrons. The number of hydrogen-bond acceptors (Lipinski definition) is 3. The molecule has 74 heavy (non-hydrogen) atoms. The van der Waals surface area contributed by atoms with E-state index in [1.165, 1.54) is 55.0 Å². The molecule has 0 aliphatic carbocycles. The van der Waals surface area contributed by atoms with Gasteiger partial charge in [0.1, 0.15) is 5.03 Å². The first kappa shape index (κ1) is 43.7. The van der Waals surface area contributed by atoms with Gasteiger partial charge in [-0.25, -0.2) is 9.97 Å². The Balaban J connectivity index is 1.08. The second kappa shape index (κ2) is 17.6. The molecule has 13 aromatic rings. The number of benzene rings is 10. The van der Waals surface area contributed by atoms with Gasteiger partial charge in [-0.15, -0.1) is 0 Å². The monoisotopic (exact) mass is 964 g/mol. The minimum absolute atomic E-state index is 0.186. The highest BCUT2D eigenvalue weighted by atomic mass is 32.2. The Morgan fingerprint density at radius 1 is 0.378 bits per heavy atom. The first-order valence-electron chi connectivity index (χ1n) is 25.3. The highest BCUT2D eigenvalue weighted by Gasteiger charge is 2.35. The van der Waals surface area contributed by atoms with Crippen molar-refractivity contribution in [2.45, 2.75) is 29.2 Å². The van der Waals surface area contributed by atoms with Gasteiger partial charge in [-0.2, -0.15) is 0 Å². The average Bonchev–Trinajstić information content (AvgIpc) is 4.06. The van der Waals surface area contributed by atoms with Crippen molar-refractivity contribution in [1.29, 1.82) is 0 Å². The van der Waals surface area contributed by atoms with Gasteiger partial charge in [0, 0.05) is 22.2 Å². The first-order chi connectivity index (χ1) is 36.5. The Morgan fingerprint density at radius 3 is 1.43 bits per heavy atom. The summed E-state index contributed by atoms with van der Waals surface area (Å²) >= 11 is 1.79. The van der Waals surface area contributed by atoms with Crippen LogP contribution in [0.3, 0.4) is 0 Å². The van der Waals surface area contributed by atoms with Crippen LogP contribution in [0.15, 0.2) is 265 Å². The quantitative estimate of drug-likeness (QED) is 0.152. The molecule has 3 aromatic heterocycles. The zero-order valence-electron chi connectivity index (χ0n) is 40.9. The van der Waals surface area contributed by atoms with Crippen molar-refractivity contribution in [2.24, 2.45) is 0 Å². The van der Waals surface area contributed by atoms with E-state index >= 15 is 0 Å². The zero-order valence-corrected chi connectivity index (χ0v) is 41.8. The SMILES string of the molecule is CC1(C)c2cccnc2Sc2c(-c3ccc(-c4c(-c5ccccc5)c(-c5ccccc5)c(-c5cccc(-n6c7ccccc7n7c8ccccc8nc67)c5)c(-c5ccccc5)c4-c4ccccc4)cc3)cccc21. The van der Waals surface area contributed by atoms with Crippen LogP contribution in [0.25, 0.3) is 111 Å².